The Bertz CT molecular complexity index is 536. The molecule has 170 valence electrons. The Labute approximate surface area is 164 Å². The van der Waals surface area contributed by atoms with Gasteiger partial charge in [0.1, 0.15) is 54.9 Å². The van der Waals surface area contributed by atoms with Gasteiger partial charge in [-0.2, -0.15) is 0 Å². The summed E-state index contributed by atoms with van der Waals surface area (Å²) in [6, 6.07) is -1.46. The molecule has 2 aliphatic rings. The molecule has 2 heterocycles. The molecule has 2 rings (SSSR count). The van der Waals surface area contributed by atoms with Crippen LogP contribution in [0.15, 0.2) is 0 Å². The average Bonchev–Trinajstić information content (AvgIpc) is 2.70. The van der Waals surface area contributed by atoms with E-state index in [4.69, 9.17) is 29.8 Å². The van der Waals surface area contributed by atoms with E-state index in [1.165, 1.54) is 0 Å². The first-order chi connectivity index (χ1) is 13.6. The van der Waals surface area contributed by atoms with E-state index in [2.05, 4.69) is 0 Å². The largest absolute Gasteiger partial charge is 0.480 e. The van der Waals surface area contributed by atoms with Crippen molar-refractivity contribution in [2.75, 3.05) is 19.8 Å². The van der Waals surface area contributed by atoms with Crippen LogP contribution in [0, 0.1) is 0 Å². The molecule has 0 aromatic carbocycles. The van der Waals surface area contributed by atoms with Crippen LogP contribution in [-0.4, -0.2) is 134 Å². The lowest BCUT2D eigenvalue weighted by molar-refractivity contribution is -0.367. The molecule has 14 nitrogen and oxygen atoms in total. The zero-order valence-corrected chi connectivity index (χ0v) is 15.2. The third kappa shape index (κ3) is 5.38. The first-order valence-corrected chi connectivity index (χ1v) is 8.80. The van der Waals surface area contributed by atoms with Gasteiger partial charge in [0.25, 0.3) is 0 Å². The summed E-state index contributed by atoms with van der Waals surface area (Å²) >= 11 is 0. The van der Waals surface area contributed by atoms with Crippen LogP contribution in [0.25, 0.3) is 0 Å². The lowest BCUT2D eigenvalue weighted by atomic mass is 9.97. The normalized spacial score (nSPS) is 44.4. The number of hydrogen-bond acceptors (Lipinski definition) is 13. The van der Waals surface area contributed by atoms with Crippen molar-refractivity contribution in [1.82, 2.24) is 0 Å². The standard InChI is InChI=1S/C15H27NO13/c16-4(13(24)25)3-26-15-12(10(22)8(20)6(2-18)28-15)29-14-11(23)9(21)7(19)5(1-17)27-14/h4-12,14-15,17-23H,1-3,16H2,(H,24,25)/t4-,5+,6+,7+,8+,9-,10-,11-,12-,14?,15?/m0/s1. The molecule has 2 unspecified atom stereocenters. The van der Waals surface area contributed by atoms with Gasteiger partial charge in [-0.25, -0.2) is 0 Å². The van der Waals surface area contributed by atoms with Crippen molar-refractivity contribution in [1.29, 1.82) is 0 Å². The quantitative estimate of drug-likeness (QED) is 0.174. The molecule has 11 atom stereocenters. The summed E-state index contributed by atoms with van der Waals surface area (Å²) < 4.78 is 21.1. The second-order valence-electron chi connectivity index (χ2n) is 6.78. The Balaban J connectivity index is 2.16. The van der Waals surface area contributed by atoms with Gasteiger partial charge >= 0.3 is 5.97 Å². The van der Waals surface area contributed by atoms with Crippen LogP contribution in [-0.2, 0) is 23.7 Å². The van der Waals surface area contributed by atoms with Crippen LogP contribution >= 0.6 is 0 Å². The molecule has 2 aliphatic heterocycles. The van der Waals surface area contributed by atoms with E-state index in [0.29, 0.717) is 0 Å². The number of ether oxygens (including phenoxy) is 4. The number of carboxylic acids is 1. The van der Waals surface area contributed by atoms with Crippen molar-refractivity contribution in [2.24, 2.45) is 5.73 Å². The number of hydrogen-bond donors (Lipinski definition) is 9. The molecule has 0 saturated carbocycles. The van der Waals surface area contributed by atoms with Crippen molar-refractivity contribution >= 4 is 5.97 Å². The molecule has 0 bridgehead atoms. The smallest absolute Gasteiger partial charge is 0.322 e. The van der Waals surface area contributed by atoms with Gasteiger partial charge in [0.2, 0.25) is 0 Å². The molecule has 0 radical (unpaired) electrons. The van der Waals surface area contributed by atoms with Gasteiger partial charge < -0.3 is 65.5 Å². The van der Waals surface area contributed by atoms with Crippen LogP contribution in [0.5, 0.6) is 0 Å². The number of nitrogens with two attached hydrogens (primary N) is 1. The van der Waals surface area contributed by atoms with Crippen molar-refractivity contribution < 1.29 is 64.6 Å². The summed E-state index contributed by atoms with van der Waals surface area (Å²) in [5.41, 5.74) is 5.35. The van der Waals surface area contributed by atoms with Gasteiger partial charge in [0.05, 0.1) is 19.8 Å². The van der Waals surface area contributed by atoms with Gasteiger partial charge in [-0.1, -0.05) is 0 Å². The highest BCUT2D eigenvalue weighted by Gasteiger charge is 2.50. The van der Waals surface area contributed by atoms with Crippen molar-refractivity contribution in [2.45, 2.75) is 67.5 Å². The minimum atomic E-state index is -1.81. The number of aliphatic hydroxyl groups excluding tert-OH is 7. The molecular weight excluding hydrogens is 402 g/mol. The SMILES string of the molecule is N[C@@H](COC1O[C@H](CO)[C@@H](O)[C@H](O)[C@@H]1OC1O[C@H](CO)[C@@H](O)[C@H](O)[C@@H]1O)C(=O)O. The summed E-state index contributed by atoms with van der Waals surface area (Å²) in [6.07, 6.45) is -16.0. The Hall–Kier alpha value is -1.01. The van der Waals surface area contributed by atoms with E-state index >= 15 is 0 Å². The molecule has 10 N–H and O–H groups in total. The molecule has 0 amide bonds. The van der Waals surface area contributed by atoms with E-state index in [0.717, 1.165) is 0 Å². The lowest BCUT2D eigenvalue weighted by Crippen LogP contribution is -2.64. The molecule has 0 aromatic rings. The highest BCUT2D eigenvalue weighted by molar-refractivity contribution is 5.73. The molecule has 14 heteroatoms. The topological polar surface area (TPSA) is 242 Å². The predicted octanol–water partition coefficient (Wildman–Crippen LogP) is -5.96. The van der Waals surface area contributed by atoms with Crippen LogP contribution in [0.2, 0.25) is 0 Å². The highest BCUT2D eigenvalue weighted by Crippen LogP contribution is 2.29. The van der Waals surface area contributed by atoms with Crippen LogP contribution in [0.4, 0.5) is 0 Å². The molecule has 29 heavy (non-hydrogen) atoms. The minimum Gasteiger partial charge on any atom is -0.480 e. The second-order valence-corrected chi connectivity index (χ2v) is 6.78. The summed E-state index contributed by atoms with van der Waals surface area (Å²) in [7, 11) is 0. The van der Waals surface area contributed by atoms with E-state index in [1.807, 2.05) is 0 Å². The Morgan fingerprint density at radius 1 is 0.862 bits per heavy atom. The number of rotatable bonds is 8. The third-order valence-electron chi connectivity index (χ3n) is 4.72. The Morgan fingerprint density at radius 3 is 1.90 bits per heavy atom. The maximum atomic E-state index is 10.9. The van der Waals surface area contributed by atoms with E-state index in [1.54, 1.807) is 0 Å². The van der Waals surface area contributed by atoms with Gasteiger partial charge in [-0.05, 0) is 0 Å². The molecule has 0 aliphatic carbocycles. The number of carbonyl (C=O) groups is 1. The lowest BCUT2D eigenvalue weighted by Gasteiger charge is -2.46. The van der Waals surface area contributed by atoms with Gasteiger partial charge in [0, 0.05) is 0 Å². The monoisotopic (exact) mass is 429 g/mol. The van der Waals surface area contributed by atoms with Crippen LogP contribution in [0.1, 0.15) is 0 Å². The summed E-state index contributed by atoms with van der Waals surface area (Å²) in [4.78, 5) is 10.9. The second kappa shape index (κ2) is 10.3. The molecular formula is C15H27NO13. The average molecular weight is 429 g/mol. The Morgan fingerprint density at radius 2 is 1.38 bits per heavy atom. The predicted molar refractivity (Wildman–Crippen MR) is 88.0 cm³/mol. The van der Waals surface area contributed by atoms with E-state index in [-0.39, 0.29) is 0 Å². The van der Waals surface area contributed by atoms with Crippen LogP contribution in [0.3, 0.4) is 0 Å². The van der Waals surface area contributed by atoms with Crippen LogP contribution < -0.4 is 5.73 Å². The van der Waals surface area contributed by atoms with Crippen molar-refractivity contribution in [3.63, 3.8) is 0 Å². The fourth-order valence-electron chi connectivity index (χ4n) is 2.94. The maximum Gasteiger partial charge on any atom is 0.322 e. The fourth-order valence-corrected chi connectivity index (χ4v) is 2.94. The molecule has 2 fully saturated rings. The van der Waals surface area contributed by atoms with Gasteiger partial charge in [0.15, 0.2) is 12.6 Å². The molecule has 0 spiro atoms. The third-order valence-corrected chi connectivity index (χ3v) is 4.72. The van der Waals surface area contributed by atoms with Crippen molar-refractivity contribution in [3.05, 3.63) is 0 Å². The molecule has 0 aromatic heterocycles. The first kappa shape index (κ1) is 24.3. The maximum absolute atomic E-state index is 10.9. The summed E-state index contributed by atoms with van der Waals surface area (Å²) in [6.45, 7) is -2.03. The number of carboxylic acid groups (broad SMARTS) is 1. The zero-order valence-electron chi connectivity index (χ0n) is 15.2. The van der Waals surface area contributed by atoms with E-state index < -0.39 is 93.2 Å². The highest BCUT2D eigenvalue weighted by atomic mass is 16.8. The Kier molecular flexibility index (Phi) is 8.65. The molecule has 2 saturated heterocycles. The summed E-state index contributed by atoms with van der Waals surface area (Å²) in [5, 5.41) is 77.5. The fraction of sp³-hybridized carbons (Fsp3) is 0.933. The van der Waals surface area contributed by atoms with Gasteiger partial charge in [-0.3, -0.25) is 4.79 Å². The zero-order chi connectivity index (χ0) is 21.9. The van der Waals surface area contributed by atoms with E-state index in [9.17, 15) is 40.5 Å². The van der Waals surface area contributed by atoms with Crippen molar-refractivity contribution in [3.8, 4) is 0 Å². The minimum absolute atomic E-state index is 0.588. The first-order valence-electron chi connectivity index (χ1n) is 8.80. The number of aliphatic hydroxyl groups is 7. The number of aliphatic carboxylic acids is 1. The summed E-state index contributed by atoms with van der Waals surface area (Å²) in [5.74, 6) is -1.38. The van der Waals surface area contributed by atoms with Gasteiger partial charge in [-0.15, -0.1) is 0 Å².